The molecule has 0 saturated carbocycles. The first kappa shape index (κ1) is 15.6. The first-order valence-corrected chi connectivity index (χ1v) is 8.12. The minimum Gasteiger partial charge on any atom is -0.391 e. The average molecular weight is 336 g/mol. The number of rotatable bonds is 2. The van der Waals surface area contributed by atoms with E-state index in [2.05, 4.69) is 11.1 Å². The monoisotopic (exact) mass is 336 g/mol. The summed E-state index contributed by atoms with van der Waals surface area (Å²) in [5.41, 5.74) is 4.77. The summed E-state index contributed by atoms with van der Waals surface area (Å²) in [4.78, 5) is 18.5. The minimum atomic E-state index is -0.436. The van der Waals surface area contributed by atoms with Crippen LogP contribution in [-0.2, 0) is 13.1 Å². The van der Waals surface area contributed by atoms with Gasteiger partial charge in [-0.3, -0.25) is 4.90 Å². The van der Waals surface area contributed by atoms with Gasteiger partial charge in [-0.1, -0.05) is 24.3 Å². The van der Waals surface area contributed by atoms with Gasteiger partial charge in [0.05, 0.1) is 12.1 Å². The highest BCUT2D eigenvalue weighted by Gasteiger charge is 2.27. The number of carbonyl (C=O) groups is 1. The lowest BCUT2D eigenvalue weighted by Gasteiger charge is -2.27. The molecule has 4 rings (SSSR count). The molecular formula is C20H17FN2O2. The molecule has 0 N–H and O–H groups in total. The van der Waals surface area contributed by atoms with Gasteiger partial charge in [-0.15, -0.1) is 0 Å². The second-order valence-electron chi connectivity index (χ2n) is 6.40. The SMILES string of the molecule is Cc1ccc(C)c2nc3c(cc12)CN(Cc1ccc(F)cc1)C(=O)O3. The first-order valence-electron chi connectivity index (χ1n) is 8.12. The van der Waals surface area contributed by atoms with Gasteiger partial charge >= 0.3 is 6.09 Å². The van der Waals surface area contributed by atoms with Gasteiger partial charge in [0.25, 0.3) is 0 Å². The number of aromatic nitrogens is 1. The van der Waals surface area contributed by atoms with Gasteiger partial charge < -0.3 is 4.74 Å². The lowest BCUT2D eigenvalue weighted by Crippen LogP contribution is -2.36. The number of fused-ring (bicyclic) bond motifs is 2. The fourth-order valence-electron chi connectivity index (χ4n) is 3.11. The predicted molar refractivity (Wildman–Crippen MR) is 92.9 cm³/mol. The molecule has 0 aliphatic carbocycles. The van der Waals surface area contributed by atoms with Gasteiger partial charge in [-0.25, -0.2) is 14.2 Å². The van der Waals surface area contributed by atoms with Gasteiger partial charge in [0, 0.05) is 17.5 Å². The van der Waals surface area contributed by atoms with Crippen LogP contribution in [0.1, 0.15) is 22.3 Å². The number of aryl methyl sites for hydroxylation is 2. The van der Waals surface area contributed by atoms with E-state index < -0.39 is 6.09 Å². The van der Waals surface area contributed by atoms with Crippen molar-refractivity contribution in [2.75, 3.05) is 0 Å². The standard InChI is InChI=1S/C20H17FN2O2/c1-12-3-4-13(2)18-17(12)9-15-11-23(20(24)25-19(15)22-18)10-14-5-7-16(21)8-6-14/h3-9H,10-11H2,1-2H3. The van der Waals surface area contributed by atoms with Crippen molar-refractivity contribution in [3.63, 3.8) is 0 Å². The summed E-state index contributed by atoms with van der Waals surface area (Å²) in [5, 5.41) is 1.07. The van der Waals surface area contributed by atoms with Gasteiger partial charge in [0.2, 0.25) is 5.88 Å². The molecule has 0 atom stereocenters. The van der Waals surface area contributed by atoms with Crippen molar-refractivity contribution in [3.05, 3.63) is 70.5 Å². The number of pyridine rings is 1. The lowest BCUT2D eigenvalue weighted by molar-refractivity contribution is 0.133. The Kier molecular flexibility index (Phi) is 3.64. The number of hydrogen-bond acceptors (Lipinski definition) is 3. The first-order chi connectivity index (χ1) is 12.0. The molecule has 126 valence electrons. The van der Waals surface area contributed by atoms with Crippen LogP contribution in [0.3, 0.4) is 0 Å². The molecule has 25 heavy (non-hydrogen) atoms. The fourth-order valence-corrected chi connectivity index (χ4v) is 3.11. The molecule has 2 aromatic carbocycles. The Labute approximate surface area is 144 Å². The quantitative estimate of drug-likeness (QED) is 0.692. The van der Waals surface area contributed by atoms with Crippen molar-refractivity contribution in [2.24, 2.45) is 0 Å². The van der Waals surface area contributed by atoms with Crippen LogP contribution in [0.5, 0.6) is 5.88 Å². The van der Waals surface area contributed by atoms with Crippen LogP contribution in [0, 0.1) is 19.7 Å². The molecule has 0 radical (unpaired) electrons. The van der Waals surface area contributed by atoms with Crippen LogP contribution >= 0.6 is 0 Å². The summed E-state index contributed by atoms with van der Waals surface area (Å²) in [5.74, 6) is 0.0818. The van der Waals surface area contributed by atoms with E-state index in [4.69, 9.17) is 4.74 Å². The van der Waals surface area contributed by atoms with E-state index in [9.17, 15) is 9.18 Å². The Balaban J connectivity index is 1.69. The van der Waals surface area contributed by atoms with E-state index in [1.807, 2.05) is 26.0 Å². The number of hydrogen-bond donors (Lipinski definition) is 0. The molecule has 1 aromatic heterocycles. The molecule has 0 spiro atoms. The summed E-state index contributed by atoms with van der Waals surface area (Å²) < 4.78 is 18.5. The van der Waals surface area contributed by atoms with Gasteiger partial charge in [-0.05, 0) is 48.7 Å². The third kappa shape index (κ3) is 2.82. The van der Waals surface area contributed by atoms with Crippen LogP contribution in [-0.4, -0.2) is 16.0 Å². The molecule has 1 amide bonds. The maximum Gasteiger partial charge on any atom is 0.417 e. The molecule has 0 saturated heterocycles. The highest BCUT2D eigenvalue weighted by molar-refractivity contribution is 5.87. The maximum absolute atomic E-state index is 13.0. The van der Waals surface area contributed by atoms with Gasteiger partial charge in [0.1, 0.15) is 5.82 Å². The van der Waals surface area contributed by atoms with Crippen LogP contribution < -0.4 is 4.74 Å². The van der Waals surface area contributed by atoms with Crippen molar-refractivity contribution in [1.29, 1.82) is 0 Å². The van der Waals surface area contributed by atoms with Crippen LogP contribution in [0.25, 0.3) is 10.9 Å². The van der Waals surface area contributed by atoms with E-state index in [1.54, 1.807) is 17.0 Å². The summed E-state index contributed by atoms with van der Waals surface area (Å²) >= 11 is 0. The van der Waals surface area contributed by atoms with E-state index in [-0.39, 0.29) is 5.82 Å². The second-order valence-corrected chi connectivity index (χ2v) is 6.40. The fraction of sp³-hybridized carbons (Fsp3) is 0.200. The van der Waals surface area contributed by atoms with E-state index in [0.717, 1.165) is 33.2 Å². The van der Waals surface area contributed by atoms with Gasteiger partial charge in [0.15, 0.2) is 0 Å². The molecule has 0 fully saturated rings. The van der Waals surface area contributed by atoms with E-state index >= 15 is 0 Å². The average Bonchev–Trinajstić information content (AvgIpc) is 2.60. The molecule has 1 aliphatic rings. The molecule has 2 heterocycles. The Morgan fingerprint density at radius 2 is 1.84 bits per heavy atom. The third-order valence-corrected chi connectivity index (χ3v) is 4.53. The normalized spacial score (nSPS) is 13.7. The smallest absolute Gasteiger partial charge is 0.391 e. The van der Waals surface area contributed by atoms with Crippen molar-refractivity contribution < 1.29 is 13.9 Å². The second kappa shape index (κ2) is 5.84. The highest BCUT2D eigenvalue weighted by atomic mass is 19.1. The molecule has 0 bridgehead atoms. The Hall–Kier alpha value is -2.95. The third-order valence-electron chi connectivity index (χ3n) is 4.53. The van der Waals surface area contributed by atoms with E-state index in [0.29, 0.717) is 19.0 Å². The van der Waals surface area contributed by atoms with Crippen molar-refractivity contribution in [1.82, 2.24) is 9.88 Å². The number of amides is 1. The van der Waals surface area contributed by atoms with E-state index in [1.165, 1.54) is 12.1 Å². The molecule has 5 heteroatoms. The number of carbonyl (C=O) groups excluding carboxylic acids is 1. The lowest BCUT2D eigenvalue weighted by atomic mass is 10.0. The number of halogens is 1. The molecule has 1 aliphatic heterocycles. The van der Waals surface area contributed by atoms with Crippen molar-refractivity contribution >= 4 is 17.0 Å². The molecular weight excluding hydrogens is 319 g/mol. The Bertz CT molecular complexity index is 983. The number of benzene rings is 2. The molecule has 0 unspecified atom stereocenters. The zero-order valence-corrected chi connectivity index (χ0v) is 14.0. The predicted octanol–water partition coefficient (Wildman–Crippen LogP) is 4.51. The minimum absolute atomic E-state index is 0.295. The van der Waals surface area contributed by atoms with Crippen LogP contribution in [0.4, 0.5) is 9.18 Å². The van der Waals surface area contributed by atoms with Crippen LogP contribution in [0.15, 0.2) is 42.5 Å². The Morgan fingerprint density at radius 3 is 2.60 bits per heavy atom. The Morgan fingerprint density at radius 1 is 1.12 bits per heavy atom. The molecule has 4 nitrogen and oxygen atoms in total. The zero-order valence-electron chi connectivity index (χ0n) is 14.0. The summed E-state index contributed by atoms with van der Waals surface area (Å²) in [6.07, 6.45) is -0.436. The van der Waals surface area contributed by atoms with Crippen molar-refractivity contribution in [3.8, 4) is 5.88 Å². The topological polar surface area (TPSA) is 42.4 Å². The van der Waals surface area contributed by atoms with Crippen molar-refractivity contribution in [2.45, 2.75) is 26.9 Å². The largest absolute Gasteiger partial charge is 0.417 e. The zero-order chi connectivity index (χ0) is 17.6. The summed E-state index contributed by atoms with van der Waals surface area (Å²) in [6, 6.07) is 12.2. The highest BCUT2D eigenvalue weighted by Crippen LogP contribution is 2.31. The summed E-state index contributed by atoms with van der Waals surface area (Å²) in [6.45, 7) is 4.82. The maximum atomic E-state index is 13.0. The molecule has 3 aromatic rings. The number of nitrogens with zero attached hydrogens (tertiary/aromatic N) is 2. The summed E-state index contributed by atoms with van der Waals surface area (Å²) in [7, 11) is 0. The number of ether oxygens (including phenoxy) is 1. The van der Waals surface area contributed by atoms with Crippen LogP contribution in [0.2, 0.25) is 0 Å². The van der Waals surface area contributed by atoms with Gasteiger partial charge in [-0.2, -0.15) is 0 Å².